The Kier molecular flexibility index (Phi) is 9.11. The maximum atomic E-state index is 5.86. The molecule has 0 aliphatic carbocycles. The molecule has 1 rings (SSSR count). The van der Waals surface area contributed by atoms with Gasteiger partial charge in [0.05, 0.1) is 19.3 Å². The smallest absolute Gasteiger partial charge is 0.119 e. The van der Waals surface area contributed by atoms with Gasteiger partial charge in [-0.2, -0.15) is 0 Å². The molecule has 0 spiro atoms. The minimum atomic E-state index is 0.235. The second-order valence-corrected chi connectivity index (χ2v) is 5.69. The second kappa shape index (κ2) is 10.6. The molecule has 1 N–H and O–H groups in total. The number of rotatable bonds is 11. The van der Waals surface area contributed by atoms with E-state index >= 15 is 0 Å². The number of benzene rings is 1. The molecule has 0 saturated carbocycles. The van der Waals surface area contributed by atoms with E-state index in [1.54, 1.807) is 0 Å². The molecule has 21 heavy (non-hydrogen) atoms. The van der Waals surface area contributed by atoms with Crippen LogP contribution in [0.1, 0.15) is 51.6 Å². The third kappa shape index (κ3) is 6.96. The van der Waals surface area contributed by atoms with Crippen LogP contribution in [0.2, 0.25) is 0 Å². The van der Waals surface area contributed by atoms with Crippen LogP contribution < -0.4 is 10.1 Å². The van der Waals surface area contributed by atoms with Crippen molar-refractivity contribution in [2.75, 3.05) is 26.9 Å². The van der Waals surface area contributed by atoms with Crippen molar-refractivity contribution in [3.8, 4) is 5.75 Å². The van der Waals surface area contributed by atoms with Crippen molar-refractivity contribution in [1.82, 2.24) is 5.32 Å². The number of ether oxygens (including phenoxy) is 2. The lowest BCUT2D eigenvalue weighted by Crippen LogP contribution is -2.23. The molecule has 0 bridgehead atoms. The van der Waals surface area contributed by atoms with Crippen molar-refractivity contribution in [3.05, 3.63) is 29.8 Å². The fourth-order valence-electron chi connectivity index (χ4n) is 2.33. The Morgan fingerprint density at radius 3 is 2.33 bits per heavy atom. The van der Waals surface area contributed by atoms with Crippen LogP contribution in [0.5, 0.6) is 5.75 Å². The zero-order valence-electron chi connectivity index (χ0n) is 14.0. The van der Waals surface area contributed by atoms with Gasteiger partial charge in [-0.15, -0.1) is 0 Å². The van der Waals surface area contributed by atoms with E-state index in [4.69, 9.17) is 9.47 Å². The second-order valence-electron chi connectivity index (χ2n) is 5.69. The number of nitrogens with one attached hydrogen (secondary N) is 1. The molecule has 0 aromatic heterocycles. The summed E-state index contributed by atoms with van der Waals surface area (Å²) in [6, 6.07) is 8.54. The summed E-state index contributed by atoms with van der Waals surface area (Å²) in [4.78, 5) is 0. The third-order valence-electron chi connectivity index (χ3n) is 3.57. The molecule has 0 heterocycles. The van der Waals surface area contributed by atoms with Gasteiger partial charge in [-0.1, -0.05) is 39.3 Å². The fourth-order valence-corrected chi connectivity index (χ4v) is 2.33. The van der Waals surface area contributed by atoms with Crippen LogP contribution in [0.15, 0.2) is 24.3 Å². The topological polar surface area (TPSA) is 30.5 Å². The van der Waals surface area contributed by atoms with E-state index in [1.807, 2.05) is 19.2 Å². The average Bonchev–Trinajstić information content (AvgIpc) is 2.50. The van der Waals surface area contributed by atoms with Gasteiger partial charge < -0.3 is 14.8 Å². The molecule has 120 valence electrons. The van der Waals surface area contributed by atoms with E-state index in [-0.39, 0.29) is 6.04 Å². The zero-order valence-corrected chi connectivity index (χ0v) is 14.0. The molecule has 0 radical (unpaired) electrons. The lowest BCUT2D eigenvalue weighted by molar-refractivity contribution is 0.0848. The van der Waals surface area contributed by atoms with Crippen LogP contribution in [0.4, 0.5) is 0 Å². The molecule has 0 saturated heterocycles. The first-order valence-electron chi connectivity index (χ1n) is 8.19. The zero-order chi connectivity index (χ0) is 15.5. The summed E-state index contributed by atoms with van der Waals surface area (Å²) < 4.78 is 11.5. The Morgan fingerprint density at radius 1 is 1.05 bits per heavy atom. The van der Waals surface area contributed by atoms with Gasteiger partial charge in [-0.3, -0.25) is 0 Å². The van der Waals surface area contributed by atoms with Crippen LogP contribution >= 0.6 is 0 Å². The minimum absolute atomic E-state index is 0.235. The maximum Gasteiger partial charge on any atom is 0.119 e. The van der Waals surface area contributed by atoms with Crippen molar-refractivity contribution in [1.29, 1.82) is 0 Å². The van der Waals surface area contributed by atoms with Crippen molar-refractivity contribution in [2.24, 2.45) is 5.92 Å². The Balaban J connectivity index is 2.44. The molecule has 0 amide bonds. The lowest BCUT2D eigenvalue weighted by Gasteiger charge is -2.19. The first kappa shape index (κ1) is 18.0. The monoisotopic (exact) mass is 293 g/mol. The highest BCUT2D eigenvalue weighted by molar-refractivity contribution is 5.29. The molecular weight excluding hydrogens is 262 g/mol. The Bertz CT molecular complexity index is 364. The molecule has 0 fully saturated rings. The molecule has 2 unspecified atom stereocenters. The molecule has 3 heteroatoms. The summed E-state index contributed by atoms with van der Waals surface area (Å²) in [5, 5.41) is 3.32. The predicted octanol–water partition coefficient (Wildman–Crippen LogP) is 4.19. The van der Waals surface area contributed by atoms with Crippen molar-refractivity contribution in [2.45, 2.75) is 46.1 Å². The van der Waals surface area contributed by atoms with Gasteiger partial charge in [0.1, 0.15) is 5.75 Å². The van der Waals surface area contributed by atoms with Crippen LogP contribution in [0.25, 0.3) is 0 Å². The van der Waals surface area contributed by atoms with Crippen LogP contribution in [0.3, 0.4) is 0 Å². The van der Waals surface area contributed by atoms with E-state index in [1.165, 1.54) is 18.4 Å². The van der Waals surface area contributed by atoms with Crippen LogP contribution in [-0.4, -0.2) is 26.9 Å². The first-order valence-corrected chi connectivity index (χ1v) is 8.19. The summed E-state index contributed by atoms with van der Waals surface area (Å²) in [6.07, 6.45) is 3.48. The van der Waals surface area contributed by atoms with Gasteiger partial charge in [0, 0.05) is 6.61 Å². The normalized spacial score (nSPS) is 13.9. The van der Waals surface area contributed by atoms with E-state index in [9.17, 15) is 0 Å². The number of hydrogen-bond acceptors (Lipinski definition) is 3. The van der Waals surface area contributed by atoms with Crippen LogP contribution in [0, 0.1) is 5.92 Å². The highest BCUT2D eigenvalue weighted by atomic mass is 16.5. The minimum Gasteiger partial charge on any atom is -0.494 e. The molecule has 3 nitrogen and oxygen atoms in total. The fraction of sp³-hybridized carbons (Fsp3) is 0.667. The van der Waals surface area contributed by atoms with Gasteiger partial charge in [0.2, 0.25) is 0 Å². The van der Waals surface area contributed by atoms with Gasteiger partial charge in [0.25, 0.3) is 0 Å². The maximum absolute atomic E-state index is 5.86. The summed E-state index contributed by atoms with van der Waals surface area (Å²) in [5.41, 5.74) is 1.24. The van der Waals surface area contributed by atoms with Gasteiger partial charge in [-0.05, 0) is 43.5 Å². The van der Waals surface area contributed by atoms with Crippen molar-refractivity contribution in [3.63, 3.8) is 0 Å². The SMILES string of the molecule is CCCOc1ccc(C(COCC(C)CCC)NC)cc1. The third-order valence-corrected chi connectivity index (χ3v) is 3.57. The molecule has 0 aliphatic rings. The highest BCUT2D eigenvalue weighted by Crippen LogP contribution is 2.18. The van der Waals surface area contributed by atoms with Gasteiger partial charge in [0.15, 0.2) is 0 Å². The molecular formula is C18H31NO2. The van der Waals surface area contributed by atoms with E-state index < -0.39 is 0 Å². The standard InChI is InChI=1S/C18H31NO2/c1-5-7-15(3)13-20-14-18(19-4)16-8-10-17(11-9-16)21-12-6-2/h8-11,15,18-19H,5-7,12-14H2,1-4H3. The first-order chi connectivity index (χ1) is 10.2. The van der Waals surface area contributed by atoms with Crippen LogP contribution in [-0.2, 0) is 4.74 Å². The van der Waals surface area contributed by atoms with Gasteiger partial charge >= 0.3 is 0 Å². The van der Waals surface area contributed by atoms with Gasteiger partial charge in [-0.25, -0.2) is 0 Å². The number of likely N-dealkylation sites (N-methyl/N-ethyl adjacent to an activating group) is 1. The molecule has 1 aromatic carbocycles. The number of hydrogen-bond donors (Lipinski definition) is 1. The summed E-state index contributed by atoms with van der Waals surface area (Å²) in [6.45, 7) is 8.89. The lowest BCUT2D eigenvalue weighted by atomic mass is 10.1. The van der Waals surface area contributed by atoms with E-state index in [0.29, 0.717) is 12.5 Å². The summed E-state index contributed by atoms with van der Waals surface area (Å²) >= 11 is 0. The predicted molar refractivity (Wildman–Crippen MR) is 88.9 cm³/mol. The Morgan fingerprint density at radius 2 is 1.76 bits per heavy atom. The Hall–Kier alpha value is -1.06. The van der Waals surface area contributed by atoms with Crippen molar-refractivity contribution >= 4 is 0 Å². The Labute approximate surface area is 130 Å². The molecule has 2 atom stereocenters. The summed E-state index contributed by atoms with van der Waals surface area (Å²) in [7, 11) is 1.98. The quantitative estimate of drug-likeness (QED) is 0.663. The van der Waals surface area contributed by atoms with E-state index in [2.05, 4.69) is 38.2 Å². The molecule has 0 aliphatic heterocycles. The average molecular weight is 293 g/mol. The van der Waals surface area contributed by atoms with E-state index in [0.717, 1.165) is 25.4 Å². The largest absolute Gasteiger partial charge is 0.494 e. The van der Waals surface area contributed by atoms with Crippen molar-refractivity contribution < 1.29 is 9.47 Å². The molecule has 1 aromatic rings. The summed E-state index contributed by atoms with van der Waals surface area (Å²) in [5.74, 6) is 1.57. The highest BCUT2D eigenvalue weighted by Gasteiger charge is 2.10.